The second kappa shape index (κ2) is 5.54. The van der Waals surface area contributed by atoms with Crippen molar-refractivity contribution in [2.75, 3.05) is 5.32 Å². The van der Waals surface area contributed by atoms with E-state index in [2.05, 4.69) is 21.2 Å². The van der Waals surface area contributed by atoms with Gasteiger partial charge in [-0.05, 0) is 18.2 Å². The number of amides is 1. The van der Waals surface area contributed by atoms with Gasteiger partial charge in [-0.1, -0.05) is 15.9 Å². The van der Waals surface area contributed by atoms with Gasteiger partial charge in [-0.15, -0.1) is 0 Å². The number of benzene rings is 2. The van der Waals surface area contributed by atoms with Gasteiger partial charge in [0.25, 0.3) is 5.91 Å². The van der Waals surface area contributed by atoms with Crippen LogP contribution in [0.15, 0.2) is 34.8 Å². The summed E-state index contributed by atoms with van der Waals surface area (Å²) < 4.78 is 39.7. The Labute approximate surface area is 120 Å². The minimum Gasteiger partial charge on any atom is -0.507 e. The fraction of sp³-hybridized carbons (Fsp3) is 0. The molecule has 0 saturated heterocycles. The smallest absolute Gasteiger partial charge is 0.259 e. The third-order valence-electron chi connectivity index (χ3n) is 2.46. The van der Waals surface area contributed by atoms with E-state index in [0.717, 1.165) is 0 Å². The SMILES string of the molecule is O=C(Nc1cc(F)c(F)cc1F)c1ccc(Br)cc1O. The van der Waals surface area contributed by atoms with Crippen LogP contribution in [-0.4, -0.2) is 11.0 Å². The Hall–Kier alpha value is -2.02. The fourth-order valence-corrected chi connectivity index (χ4v) is 1.85. The molecule has 0 aliphatic carbocycles. The van der Waals surface area contributed by atoms with Crippen molar-refractivity contribution in [3.63, 3.8) is 0 Å². The molecule has 2 rings (SSSR count). The molecule has 104 valence electrons. The third-order valence-corrected chi connectivity index (χ3v) is 2.96. The van der Waals surface area contributed by atoms with Crippen molar-refractivity contribution in [3.8, 4) is 5.75 Å². The first-order valence-corrected chi connectivity index (χ1v) is 6.12. The highest BCUT2D eigenvalue weighted by atomic mass is 79.9. The van der Waals surface area contributed by atoms with Crippen LogP contribution >= 0.6 is 15.9 Å². The summed E-state index contributed by atoms with van der Waals surface area (Å²) in [6.07, 6.45) is 0. The minimum absolute atomic E-state index is 0.127. The summed E-state index contributed by atoms with van der Waals surface area (Å²) in [5, 5.41) is 11.6. The highest BCUT2D eigenvalue weighted by Gasteiger charge is 2.16. The van der Waals surface area contributed by atoms with Gasteiger partial charge in [0, 0.05) is 16.6 Å². The van der Waals surface area contributed by atoms with Crippen molar-refractivity contribution < 1.29 is 23.1 Å². The quantitative estimate of drug-likeness (QED) is 0.813. The lowest BCUT2D eigenvalue weighted by Gasteiger charge is -2.08. The van der Waals surface area contributed by atoms with E-state index in [1.165, 1.54) is 18.2 Å². The number of anilines is 1. The van der Waals surface area contributed by atoms with Crippen molar-refractivity contribution in [2.45, 2.75) is 0 Å². The Morgan fingerprint density at radius 1 is 1.05 bits per heavy atom. The lowest BCUT2D eigenvalue weighted by molar-refractivity contribution is 0.102. The second-order valence-electron chi connectivity index (χ2n) is 3.86. The maximum Gasteiger partial charge on any atom is 0.259 e. The molecule has 7 heteroatoms. The van der Waals surface area contributed by atoms with E-state index >= 15 is 0 Å². The van der Waals surface area contributed by atoms with Gasteiger partial charge < -0.3 is 10.4 Å². The molecule has 2 aromatic carbocycles. The Morgan fingerprint density at radius 3 is 2.35 bits per heavy atom. The summed E-state index contributed by atoms with van der Waals surface area (Å²) in [7, 11) is 0. The third kappa shape index (κ3) is 2.93. The molecular formula is C13H7BrF3NO2. The number of carbonyl (C=O) groups is 1. The summed E-state index contributed by atoms with van der Waals surface area (Å²) in [4.78, 5) is 11.8. The molecule has 0 spiro atoms. The van der Waals surface area contributed by atoms with Crippen LogP contribution in [0, 0.1) is 17.5 Å². The summed E-state index contributed by atoms with van der Waals surface area (Å²) in [5.41, 5.74) is -0.645. The molecule has 0 aromatic heterocycles. The minimum atomic E-state index is -1.35. The van der Waals surface area contributed by atoms with E-state index in [0.29, 0.717) is 16.6 Å². The van der Waals surface area contributed by atoms with E-state index in [1.54, 1.807) is 0 Å². The van der Waals surface area contributed by atoms with Crippen LogP contribution in [0.3, 0.4) is 0 Å². The number of carbonyl (C=O) groups excluding carboxylic acids is 1. The zero-order valence-corrected chi connectivity index (χ0v) is 11.3. The monoisotopic (exact) mass is 345 g/mol. The van der Waals surface area contributed by atoms with Gasteiger partial charge in [-0.25, -0.2) is 13.2 Å². The maximum absolute atomic E-state index is 13.4. The van der Waals surface area contributed by atoms with Crippen LogP contribution in [0.4, 0.5) is 18.9 Å². The van der Waals surface area contributed by atoms with Gasteiger partial charge in [-0.2, -0.15) is 0 Å². The van der Waals surface area contributed by atoms with E-state index in [9.17, 15) is 23.1 Å². The Morgan fingerprint density at radius 2 is 1.70 bits per heavy atom. The topological polar surface area (TPSA) is 49.3 Å². The molecule has 0 radical (unpaired) electrons. The molecule has 0 unspecified atom stereocenters. The van der Waals surface area contributed by atoms with Gasteiger partial charge in [0.15, 0.2) is 11.6 Å². The largest absolute Gasteiger partial charge is 0.507 e. The van der Waals surface area contributed by atoms with Crippen LogP contribution in [0.2, 0.25) is 0 Å². The van der Waals surface area contributed by atoms with Gasteiger partial charge in [-0.3, -0.25) is 4.79 Å². The zero-order chi connectivity index (χ0) is 14.9. The van der Waals surface area contributed by atoms with E-state index in [4.69, 9.17) is 0 Å². The highest BCUT2D eigenvalue weighted by molar-refractivity contribution is 9.10. The first-order valence-electron chi connectivity index (χ1n) is 5.33. The number of hydrogen-bond donors (Lipinski definition) is 2. The van der Waals surface area contributed by atoms with Crippen molar-refractivity contribution in [2.24, 2.45) is 0 Å². The maximum atomic E-state index is 13.4. The normalized spacial score (nSPS) is 10.4. The Kier molecular flexibility index (Phi) is 3.99. The molecule has 0 saturated carbocycles. The number of aromatic hydroxyl groups is 1. The molecule has 0 aliphatic heterocycles. The van der Waals surface area contributed by atoms with Crippen LogP contribution in [0.5, 0.6) is 5.75 Å². The van der Waals surface area contributed by atoms with Crippen molar-refractivity contribution >= 4 is 27.5 Å². The molecule has 0 heterocycles. The number of rotatable bonds is 2. The Bertz CT molecular complexity index is 692. The van der Waals surface area contributed by atoms with Crippen molar-refractivity contribution in [1.82, 2.24) is 0 Å². The molecule has 2 N–H and O–H groups in total. The van der Waals surface area contributed by atoms with Crippen LogP contribution in [-0.2, 0) is 0 Å². The standard InChI is InChI=1S/C13H7BrF3NO2/c14-6-1-2-7(12(19)3-6)13(20)18-11-5-9(16)8(15)4-10(11)17/h1-5,19H,(H,18,20). The molecule has 3 nitrogen and oxygen atoms in total. The van der Waals surface area contributed by atoms with Gasteiger partial charge >= 0.3 is 0 Å². The molecule has 20 heavy (non-hydrogen) atoms. The number of nitrogens with one attached hydrogen (secondary N) is 1. The molecule has 1 amide bonds. The van der Waals surface area contributed by atoms with Crippen LogP contribution in [0.1, 0.15) is 10.4 Å². The first-order chi connectivity index (χ1) is 9.38. The summed E-state index contributed by atoms with van der Waals surface area (Å²) >= 11 is 3.10. The summed E-state index contributed by atoms with van der Waals surface area (Å²) in [5.74, 6) is -4.94. The molecule has 0 aliphatic rings. The number of phenols is 1. The molecule has 2 aromatic rings. The molecule has 0 bridgehead atoms. The number of halogens is 4. The first kappa shape index (κ1) is 14.4. The Balaban J connectivity index is 2.30. The van der Waals surface area contributed by atoms with Crippen LogP contribution < -0.4 is 5.32 Å². The average molecular weight is 346 g/mol. The lowest BCUT2D eigenvalue weighted by Crippen LogP contribution is -2.13. The van der Waals surface area contributed by atoms with E-state index in [1.807, 2.05) is 0 Å². The van der Waals surface area contributed by atoms with Gasteiger partial charge in [0.1, 0.15) is 11.6 Å². The number of hydrogen-bond acceptors (Lipinski definition) is 2. The average Bonchev–Trinajstić information content (AvgIpc) is 2.35. The summed E-state index contributed by atoms with van der Waals surface area (Å²) in [6, 6.07) is 4.92. The van der Waals surface area contributed by atoms with E-state index in [-0.39, 0.29) is 11.3 Å². The molecule has 0 fully saturated rings. The van der Waals surface area contributed by atoms with Gasteiger partial charge in [0.2, 0.25) is 0 Å². The zero-order valence-electron chi connectivity index (χ0n) is 9.75. The molecule has 0 atom stereocenters. The van der Waals surface area contributed by atoms with E-state index < -0.39 is 29.0 Å². The lowest BCUT2D eigenvalue weighted by atomic mass is 10.2. The highest BCUT2D eigenvalue weighted by Crippen LogP contribution is 2.24. The fourth-order valence-electron chi connectivity index (χ4n) is 1.50. The molecular weight excluding hydrogens is 339 g/mol. The predicted molar refractivity (Wildman–Crippen MR) is 70.1 cm³/mol. The number of phenolic OH excluding ortho intramolecular Hbond substituents is 1. The second-order valence-corrected chi connectivity index (χ2v) is 4.78. The van der Waals surface area contributed by atoms with Gasteiger partial charge in [0.05, 0.1) is 11.3 Å². The van der Waals surface area contributed by atoms with Crippen molar-refractivity contribution in [1.29, 1.82) is 0 Å². The summed E-state index contributed by atoms with van der Waals surface area (Å²) in [6.45, 7) is 0. The van der Waals surface area contributed by atoms with Crippen LogP contribution in [0.25, 0.3) is 0 Å². The van der Waals surface area contributed by atoms with Crippen molar-refractivity contribution in [3.05, 3.63) is 57.8 Å². The predicted octanol–water partition coefficient (Wildman–Crippen LogP) is 3.82.